The highest BCUT2D eigenvalue weighted by molar-refractivity contribution is 7.91. The van der Waals surface area contributed by atoms with Crippen LogP contribution in [0, 0.1) is 13.8 Å². The minimum Gasteiger partial charge on any atom is -0.343 e. The van der Waals surface area contributed by atoms with Gasteiger partial charge < -0.3 is 4.52 Å². The SMILES string of the molecule is Cc1nc(C)c(S(=O)(=O)NC[C@H](C)c2ncon2)s1. The average molecular weight is 302 g/mol. The number of aryl methyl sites for hydroxylation is 2. The molecule has 1 N–H and O–H groups in total. The standard InChI is InChI=1S/C10H14N4O3S2/c1-6(9-11-5-17-14-9)4-12-19(15,16)10-7(2)13-8(3)18-10/h5-6,12H,4H2,1-3H3/t6-/m0/s1. The number of nitrogens with one attached hydrogen (secondary N) is 1. The Labute approximate surface area is 115 Å². The zero-order valence-corrected chi connectivity index (χ0v) is 12.4. The quantitative estimate of drug-likeness (QED) is 0.892. The topological polar surface area (TPSA) is 98.0 Å². The lowest BCUT2D eigenvalue weighted by Crippen LogP contribution is -2.28. The van der Waals surface area contributed by atoms with Crippen molar-refractivity contribution in [2.24, 2.45) is 0 Å². The monoisotopic (exact) mass is 302 g/mol. The molecule has 0 aliphatic rings. The van der Waals surface area contributed by atoms with Crippen LogP contribution in [-0.2, 0) is 10.0 Å². The van der Waals surface area contributed by atoms with Crippen molar-refractivity contribution in [2.45, 2.75) is 30.9 Å². The second kappa shape index (κ2) is 5.35. The number of aromatic nitrogens is 3. The lowest BCUT2D eigenvalue weighted by Gasteiger charge is -2.08. The summed E-state index contributed by atoms with van der Waals surface area (Å²) in [4.78, 5) is 8.00. The molecule has 9 heteroatoms. The number of nitrogens with zero attached hydrogens (tertiary/aromatic N) is 3. The number of hydrogen-bond donors (Lipinski definition) is 1. The normalized spacial score (nSPS) is 13.6. The van der Waals surface area contributed by atoms with Crippen molar-refractivity contribution in [3.63, 3.8) is 0 Å². The predicted octanol–water partition coefficient (Wildman–Crippen LogP) is 1.22. The second-order valence-corrected chi connectivity index (χ2v) is 7.31. The molecule has 2 aromatic rings. The molecule has 0 aromatic carbocycles. The van der Waals surface area contributed by atoms with Gasteiger partial charge in [0.15, 0.2) is 10.0 Å². The largest absolute Gasteiger partial charge is 0.343 e. The Kier molecular flexibility index (Phi) is 3.97. The third kappa shape index (κ3) is 3.17. The predicted molar refractivity (Wildman–Crippen MR) is 69.5 cm³/mol. The Balaban J connectivity index is 2.08. The average Bonchev–Trinajstić information content (AvgIpc) is 2.96. The minimum absolute atomic E-state index is 0.164. The summed E-state index contributed by atoms with van der Waals surface area (Å²) in [6.07, 6.45) is 1.22. The van der Waals surface area contributed by atoms with Crippen molar-refractivity contribution in [1.82, 2.24) is 19.8 Å². The van der Waals surface area contributed by atoms with Crippen LogP contribution in [0.4, 0.5) is 0 Å². The van der Waals surface area contributed by atoms with E-state index >= 15 is 0 Å². The third-order valence-corrected chi connectivity index (χ3v) is 5.61. The summed E-state index contributed by atoms with van der Waals surface area (Å²) in [5.41, 5.74) is 0.516. The Morgan fingerprint density at radius 3 is 2.74 bits per heavy atom. The van der Waals surface area contributed by atoms with E-state index in [-0.39, 0.29) is 16.7 Å². The molecular formula is C10H14N4O3S2. The first-order chi connectivity index (χ1) is 8.90. The molecule has 0 saturated carbocycles. The highest BCUT2D eigenvalue weighted by atomic mass is 32.2. The molecule has 19 heavy (non-hydrogen) atoms. The van der Waals surface area contributed by atoms with Gasteiger partial charge in [-0.15, -0.1) is 11.3 Å². The number of thiazole rings is 1. The molecule has 2 rings (SSSR count). The van der Waals surface area contributed by atoms with Crippen LogP contribution in [-0.4, -0.2) is 30.1 Å². The first-order valence-electron chi connectivity index (χ1n) is 5.60. The third-order valence-electron chi connectivity index (χ3n) is 2.50. The van der Waals surface area contributed by atoms with Crippen LogP contribution >= 0.6 is 11.3 Å². The smallest absolute Gasteiger partial charge is 0.251 e. The Hall–Kier alpha value is -1.32. The summed E-state index contributed by atoms with van der Waals surface area (Å²) in [5, 5.41) is 4.41. The molecule has 0 spiro atoms. The van der Waals surface area contributed by atoms with E-state index in [4.69, 9.17) is 0 Å². The molecule has 0 amide bonds. The maximum absolute atomic E-state index is 12.1. The first kappa shape index (κ1) is 14.1. The Bertz CT molecular complexity index is 648. The first-order valence-corrected chi connectivity index (χ1v) is 7.90. The van der Waals surface area contributed by atoms with Crippen molar-refractivity contribution >= 4 is 21.4 Å². The van der Waals surface area contributed by atoms with E-state index in [1.54, 1.807) is 13.8 Å². The van der Waals surface area contributed by atoms with Crippen molar-refractivity contribution < 1.29 is 12.9 Å². The summed E-state index contributed by atoms with van der Waals surface area (Å²) in [6, 6.07) is 0. The number of sulfonamides is 1. The van der Waals surface area contributed by atoms with Gasteiger partial charge in [-0.25, -0.2) is 18.1 Å². The van der Waals surface area contributed by atoms with E-state index in [1.807, 2.05) is 6.92 Å². The summed E-state index contributed by atoms with van der Waals surface area (Å²) < 4.78 is 31.7. The van der Waals surface area contributed by atoms with Gasteiger partial charge in [-0.3, -0.25) is 0 Å². The van der Waals surface area contributed by atoms with Crippen LogP contribution in [0.15, 0.2) is 15.1 Å². The summed E-state index contributed by atoms with van der Waals surface area (Å²) in [5.74, 6) is 0.308. The van der Waals surface area contributed by atoms with Gasteiger partial charge in [-0.1, -0.05) is 12.1 Å². The van der Waals surface area contributed by atoms with Crippen LogP contribution in [0.25, 0.3) is 0 Å². The van der Waals surface area contributed by atoms with Gasteiger partial charge in [0.05, 0.1) is 10.7 Å². The van der Waals surface area contributed by atoms with Gasteiger partial charge in [-0.05, 0) is 13.8 Å². The maximum Gasteiger partial charge on any atom is 0.251 e. The molecule has 0 unspecified atom stereocenters. The van der Waals surface area contributed by atoms with Crippen molar-refractivity contribution in [3.8, 4) is 0 Å². The van der Waals surface area contributed by atoms with Gasteiger partial charge in [-0.2, -0.15) is 4.98 Å². The molecule has 0 aliphatic carbocycles. The zero-order valence-electron chi connectivity index (χ0n) is 10.7. The highest BCUT2D eigenvalue weighted by Gasteiger charge is 2.22. The number of hydrogen-bond acceptors (Lipinski definition) is 7. The fraction of sp³-hybridized carbons (Fsp3) is 0.500. The molecule has 2 aromatic heterocycles. The molecule has 2 heterocycles. The molecule has 0 radical (unpaired) electrons. The molecule has 1 atom stereocenters. The van der Waals surface area contributed by atoms with E-state index in [9.17, 15) is 8.42 Å². The highest BCUT2D eigenvalue weighted by Crippen LogP contribution is 2.22. The molecule has 0 aliphatic heterocycles. The molecule has 0 fully saturated rings. The van der Waals surface area contributed by atoms with E-state index in [0.717, 1.165) is 16.3 Å². The molecule has 104 valence electrons. The van der Waals surface area contributed by atoms with Crippen LogP contribution in [0.2, 0.25) is 0 Å². The van der Waals surface area contributed by atoms with Crippen LogP contribution in [0.1, 0.15) is 29.4 Å². The van der Waals surface area contributed by atoms with Crippen molar-refractivity contribution in [2.75, 3.05) is 6.54 Å². The maximum atomic E-state index is 12.1. The van der Waals surface area contributed by atoms with E-state index < -0.39 is 10.0 Å². The van der Waals surface area contributed by atoms with Crippen LogP contribution < -0.4 is 4.72 Å². The lowest BCUT2D eigenvalue weighted by atomic mass is 10.2. The Morgan fingerprint density at radius 1 is 1.47 bits per heavy atom. The van der Waals surface area contributed by atoms with E-state index in [2.05, 4.69) is 24.4 Å². The van der Waals surface area contributed by atoms with Gasteiger partial charge in [0.25, 0.3) is 10.0 Å². The fourth-order valence-corrected chi connectivity index (χ4v) is 4.21. The minimum atomic E-state index is -3.54. The van der Waals surface area contributed by atoms with Crippen LogP contribution in [0.3, 0.4) is 0 Å². The van der Waals surface area contributed by atoms with Crippen LogP contribution in [0.5, 0.6) is 0 Å². The van der Waals surface area contributed by atoms with E-state index in [0.29, 0.717) is 11.5 Å². The lowest BCUT2D eigenvalue weighted by molar-refractivity contribution is 0.405. The van der Waals surface area contributed by atoms with Gasteiger partial charge >= 0.3 is 0 Å². The molecule has 7 nitrogen and oxygen atoms in total. The molecular weight excluding hydrogens is 288 g/mol. The summed E-state index contributed by atoms with van der Waals surface area (Å²) in [7, 11) is -3.54. The Morgan fingerprint density at radius 2 is 2.21 bits per heavy atom. The molecule has 0 saturated heterocycles. The molecule has 0 bridgehead atoms. The summed E-state index contributed by atoms with van der Waals surface area (Å²) in [6.45, 7) is 5.48. The fourth-order valence-electron chi connectivity index (χ4n) is 1.55. The van der Waals surface area contributed by atoms with Gasteiger partial charge in [0.2, 0.25) is 6.39 Å². The van der Waals surface area contributed by atoms with Crippen molar-refractivity contribution in [3.05, 3.63) is 22.9 Å². The van der Waals surface area contributed by atoms with E-state index in [1.165, 1.54) is 6.39 Å². The number of rotatable bonds is 5. The van der Waals surface area contributed by atoms with Gasteiger partial charge in [0, 0.05) is 12.5 Å². The van der Waals surface area contributed by atoms with Crippen molar-refractivity contribution in [1.29, 1.82) is 0 Å². The van der Waals surface area contributed by atoms with Gasteiger partial charge in [0.1, 0.15) is 0 Å². The summed E-state index contributed by atoms with van der Waals surface area (Å²) >= 11 is 1.16. The second-order valence-electron chi connectivity index (χ2n) is 4.15. The zero-order chi connectivity index (χ0) is 14.0.